The quantitative estimate of drug-likeness (QED) is 0.696. The van der Waals surface area contributed by atoms with Gasteiger partial charge >= 0.3 is 0 Å². The molecule has 4 heteroatoms. The van der Waals surface area contributed by atoms with Gasteiger partial charge in [0.2, 0.25) is 0 Å². The largest absolute Gasteiger partial charge is 0.397 e. The van der Waals surface area contributed by atoms with E-state index in [1.54, 1.807) is 12.1 Å². The van der Waals surface area contributed by atoms with E-state index in [0.717, 1.165) is 12.1 Å². The van der Waals surface area contributed by atoms with Crippen LogP contribution in [0.1, 0.15) is 26.7 Å². The molecule has 0 radical (unpaired) electrons. The molecule has 4 N–H and O–H groups in total. The highest BCUT2D eigenvalue weighted by atomic mass is 35.5. The highest BCUT2D eigenvalue weighted by molar-refractivity contribution is 6.31. The number of aliphatic hydroxyl groups excluding tert-OH is 1. The van der Waals surface area contributed by atoms with Gasteiger partial charge in [0.05, 0.1) is 11.4 Å². The lowest BCUT2D eigenvalue weighted by atomic mass is 9.94. The van der Waals surface area contributed by atoms with Gasteiger partial charge in [0, 0.05) is 17.2 Å². The molecule has 1 aromatic rings. The van der Waals surface area contributed by atoms with E-state index in [2.05, 4.69) is 19.2 Å². The van der Waals surface area contributed by atoms with Gasteiger partial charge in [0.1, 0.15) is 0 Å². The molecule has 0 spiro atoms. The standard InChI is InChI=1S/C12H19ClN2O/c1-3-12(2,6-7-16)15-11-8-9(13)4-5-10(11)14/h4-5,8,15-16H,3,6-7,14H2,1-2H3. The van der Waals surface area contributed by atoms with Crippen molar-refractivity contribution in [2.45, 2.75) is 32.2 Å². The number of hydrogen-bond donors (Lipinski definition) is 3. The summed E-state index contributed by atoms with van der Waals surface area (Å²) in [6, 6.07) is 5.35. The maximum absolute atomic E-state index is 9.04. The topological polar surface area (TPSA) is 58.3 Å². The van der Waals surface area contributed by atoms with Gasteiger partial charge < -0.3 is 16.2 Å². The second kappa shape index (κ2) is 5.41. The number of hydrogen-bond acceptors (Lipinski definition) is 3. The summed E-state index contributed by atoms with van der Waals surface area (Å²) < 4.78 is 0. The van der Waals surface area contributed by atoms with Crippen LogP contribution < -0.4 is 11.1 Å². The first kappa shape index (κ1) is 13.1. The van der Waals surface area contributed by atoms with Crippen molar-refractivity contribution in [3.05, 3.63) is 23.2 Å². The first-order valence-electron chi connectivity index (χ1n) is 5.45. The summed E-state index contributed by atoms with van der Waals surface area (Å²) in [4.78, 5) is 0. The third-order valence-corrected chi connectivity index (χ3v) is 3.13. The minimum Gasteiger partial charge on any atom is -0.397 e. The van der Waals surface area contributed by atoms with Crippen molar-refractivity contribution in [2.75, 3.05) is 17.7 Å². The van der Waals surface area contributed by atoms with Gasteiger partial charge in [-0.05, 0) is 38.0 Å². The molecule has 0 fully saturated rings. The highest BCUT2D eigenvalue weighted by Crippen LogP contribution is 2.28. The zero-order valence-electron chi connectivity index (χ0n) is 9.76. The van der Waals surface area contributed by atoms with Crippen LogP contribution >= 0.6 is 11.6 Å². The average Bonchev–Trinajstić information content (AvgIpc) is 2.24. The summed E-state index contributed by atoms with van der Waals surface area (Å²) in [6.45, 7) is 4.28. The van der Waals surface area contributed by atoms with E-state index >= 15 is 0 Å². The van der Waals surface area contributed by atoms with E-state index in [4.69, 9.17) is 22.4 Å². The summed E-state index contributed by atoms with van der Waals surface area (Å²) >= 11 is 5.92. The molecule has 0 saturated heterocycles. The predicted octanol–water partition coefficient (Wildman–Crippen LogP) is 2.89. The Morgan fingerprint density at radius 1 is 1.50 bits per heavy atom. The normalized spacial score (nSPS) is 14.5. The molecule has 0 aliphatic heterocycles. The lowest BCUT2D eigenvalue weighted by Crippen LogP contribution is -2.35. The van der Waals surface area contributed by atoms with Crippen LogP contribution in [0.5, 0.6) is 0 Å². The van der Waals surface area contributed by atoms with Crippen molar-refractivity contribution in [3.63, 3.8) is 0 Å². The van der Waals surface area contributed by atoms with Crippen LogP contribution in [0.25, 0.3) is 0 Å². The smallest absolute Gasteiger partial charge is 0.0593 e. The zero-order valence-corrected chi connectivity index (χ0v) is 10.5. The number of anilines is 2. The van der Waals surface area contributed by atoms with Crippen molar-refractivity contribution < 1.29 is 5.11 Å². The number of nitrogens with one attached hydrogen (secondary N) is 1. The Balaban J connectivity index is 2.89. The van der Waals surface area contributed by atoms with Crippen LogP contribution in [0.3, 0.4) is 0 Å². The van der Waals surface area contributed by atoms with Crippen molar-refractivity contribution in [3.8, 4) is 0 Å². The summed E-state index contributed by atoms with van der Waals surface area (Å²) in [5.41, 5.74) is 7.20. The van der Waals surface area contributed by atoms with Crippen molar-refractivity contribution >= 4 is 23.0 Å². The molecule has 0 heterocycles. The Bertz CT molecular complexity index is 357. The van der Waals surface area contributed by atoms with Crippen LogP contribution in [0.4, 0.5) is 11.4 Å². The lowest BCUT2D eigenvalue weighted by Gasteiger charge is -2.31. The molecule has 0 aliphatic rings. The monoisotopic (exact) mass is 242 g/mol. The number of rotatable bonds is 5. The van der Waals surface area contributed by atoms with E-state index in [1.807, 2.05) is 6.07 Å². The number of nitrogens with two attached hydrogens (primary N) is 1. The SMILES string of the molecule is CCC(C)(CCO)Nc1cc(Cl)ccc1N. The van der Waals surface area contributed by atoms with E-state index in [-0.39, 0.29) is 12.1 Å². The maximum atomic E-state index is 9.04. The lowest BCUT2D eigenvalue weighted by molar-refractivity contribution is 0.252. The van der Waals surface area contributed by atoms with Gasteiger partial charge in [0.25, 0.3) is 0 Å². The summed E-state index contributed by atoms with van der Waals surface area (Å²) in [6.07, 6.45) is 1.58. The minimum absolute atomic E-state index is 0.151. The van der Waals surface area contributed by atoms with E-state index in [0.29, 0.717) is 17.1 Å². The van der Waals surface area contributed by atoms with E-state index < -0.39 is 0 Å². The van der Waals surface area contributed by atoms with Gasteiger partial charge in [-0.25, -0.2) is 0 Å². The summed E-state index contributed by atoms with van der Waals surface area (Å²) in [5, 5.41) is 13.0. The molecule has 0 aliphatic carbocycles. The van der Waals surface area contributed by atoms with Gasteiger partial charge in [-0.15, -0.1) is 0 Å². The zero-order chi connectivity index (χ0) is 12.2. The van der Waals surface area contributed by atoms with Gasteiger partial charge in [0.15, 0.2) is 0 Å². The number of nitrogen functional groups attached to an aromatic ring is 1. The second-order valence-corrected chi connectivity index (χ2v) is 4.68. The Labute approximate surface area is 102 Å². The molecule has 0 saturated carbocycles. The molecule has 0 amide bonds. The van der Waals surface area contributed by atoms with Crippen LogP contribution in [0.15, 0.2) is 18.2 Å². The van der Waals surface area contributed by atoms with Gasteiger partial charge in [-0.2, -0.15) is 0 Å². The molecule has 1 aromatic carbocycles. The van der Waals surface area contributed by atoms with E-state index in [9.17, 15) is 0 Å². The van der Waals surface area contributed by atoms with E-state index in [1.165, 1.54) is 0 Å². The summed E-state index contributed by atoms with van der Waals surface area (Å²) in [5.74, 6) is 0. The molecule has 90 valence electrons. The Morgan fingerprint density at radius 2 is 2.19 bits per heavy atom. The molecular weight excluding hydrogens is 224 g/mol. The Morgan fingerprint density at radius 3 is 2.75 bits per heavy atom. The number of halogens is 1. The second-order valence-electron chi connectivity index (χ2n) is 4.24. The Hall–Kier alpha value is -0.930. The first-order chi connectivity index (χ1) is 7.50. The fourth-order valence-electron chi connectivity index (χ4n) is 1.54. The molecule has 1 unspecified atom stereocenters. The van der Waals surface area contributed by atoms with Crippen molar-refractivity contribution in [1.29, 1.82) is 0 Å². The Kier molecular flexibility index (Phi) is 4.44. The number of aliphatic hydroxyl groups is 1. The summed E-state index contributed by atoms with van der Waals surface area (Å²) in [7, 11) is 0. The van der Waals surface area contributed by atoms with Crippen LogP contribution in [0, 0.1) is 0 Å². The van der Waals surface area contributed by atoms with Gasteiger partial charge in [-0.3, -0.25) is 0 Å². The average molecular weight is 243 g/mol. The highest BCUT2D eigenvalue weighted by Gasteiger charge is 2.21. The number of benzene rings is 1. The molecule has 1 rings (SSSR count). The molecule has 0 aromatic heterocycles. The molecule has 0 bridgehead atoms. The molecule has 16 heavy (non-hydrogen) atoms. The third kappa shape index (κ3) is 3.29. The molecule has 3 nitrogen and oxygen atoms in total. The van der Waals surface area contributed by atoms with Gasteiger partial charge in [-0.1, -0.05) is 18.5 Å². The first-order valence-corrected chi connectivity index (χ1v) is 5.82. The van der Waals surface area contributed by atoms with Crippen LogP contribution in [-0.4, -0.2) is 17.3 Å². The predicted molar refractivity (Wildman–Crippen MR) is 69.9 cm³/mol. The van der Waals surface area contributed by atoms with Crippen molar-refractivity contribution in [2.24, 2.45) is 0 Å². The molecule has 1 atom stereocenters. The molecular formula is C12H19ClN2O. The third-order valence-electron chi connectivity index (χ3n) is 2.90. The fraction of sp³-hybridized carbons (Fsp3) is 0.500. The minimum atomic E-state index is -0.159. The van der Waals surface area contributed by atoms with Crippen LogP contribution in [0.2, 0.25) is 5.02 Å². The fourth-order valence-corrected chi connectivity index (χ4v) is 1.71. The van der Waals surface area contributed by atoms with Crippen molar-refractivity contribution in [1.82, 2.24) is 0 Å². The maximum Gasteiger partial charge on any atom is 0.0593 e. The van der Waals surface area contributed by atoms with Crippen LogP contribution in [-0.2, 0) is 0 Å².